The first-order valence-corrected chi connectivity index (χ1v) is 5.22. The van der Waals surface area contributed by atoms with E-state index in [4.69, 9.17) is 22.4 Å². The number of rotatable bonds is 3. The summed E-state index contributed by atoms with van der Waals surface area (Å²) in [7, 11) is 0. The number of para-hydroxylation sites is 1. The second-order valence-corrected chi connectivity index (χ2v) is 4.65. The lowest BCUT2D eigenvalue weighted by Crippen LogP contribution is -2.02. The molecule has 0 amide bonds. The highest BCUT2D eigenvalue weighted by Gasteiger charge is 2.07. The van der Waals surface area contributed by atoms with Gasteiger partial charge >= 0.3 is 0 Å². The maximum atomic E-state index is 8.86. The Morgan fingerprint density at radius 2 is 2.31 bits per heavy atom. The van der Waals surface area contributed by atoms with Crippen LogP contribution in [0.1, 0.15) is 6.92 Å². The number of anilines is 1. The molecule has 72 valence electrons. The van der Waals surface area contributed by atoms with Gasteiger partial charge in [-0.2, -0.15) is 0 Å². The van der Waals surface area contributed by atoms with Crippen LogP contribution in [0.15, 0.2) is 23.1 Å². The van der Waals surface area contributed by atoms with E-state index in [9.17, 15) is 0 Å². The summed E-state index contributed by atoms with van der Waals surface area (Å²) in [4.78, 5) is 0.925. The minimum absolute atomic E-state index is 0.136. The monoisotopic (exact) mass is 217 g/mol. The van der Waals surface area contributed by atoms with Gasteiger partial charge in [-0.1, -0.05) is 24.6 Å². The van der Waals surface area contributed by atoms with Crippen molar-refractivity contribution in [2.45, 2.75) is 17.1 Å². The van der Waals surface area contributed by atoms with Gasteiger partial charge in [0.1, 0.15) is 0 Å². The van der Waals surface area contributed by atoms with Crippen LogP contribution in [0.4, 0.5) is 5.69 Å². The molecule has 0 aliphatic carbocycles. The summed E-state index contributed by atoms with van der Waals surface area (Å²) in [5.74, 6) is 0. The standard InChI is InChI=1S/C9H12ClNOS/c1-6(5-12)13-8-4-2-3-7(10)9(8)11/h2-4,6,12H,5,11H2,1H3. The molecule has 0 spiro atoms. The van der Waals surface area contributed by atoms with Crippen molar-refractivity contribution >= 4 is 29.1 Å². The lowest BCUT2D eigenvalue weighted by molar-refractivity contribution is 0.300. The highest BCUT2D eigenvalue weighted by atomic mass is 35.5. The summed E-state index contributed by atoms with van der Waals surface area (Å²) < 4.78 is 0. The smallest absolute Gasteiger partial charge is 0.0646 e. The molecule has 1 atom stereocenters. The SMILES string of the molecule is CC(CO)Sc1cccc(Cl)c1N. The van der Waals surface area contributed by atoms with Crippen molar-refractivity contribution in [1.82, 2.24) is 0 Å². The van der Waals surface area contributed by atoms with Crippen molar-refractivity contribution in [3.63, 3.8) is 0 Å². The van der Waals surface area contributed by atoms with Crippen molar-refractivity contribution in [1.29, 1.82) is 0 Å². The zero-order chi connectivity index (χ0) is 9.84. The van der Waals surface area contributed by atoms with Gasteiger partial charge in [0, 0.05) is 10.1 Å². The van der Waals surface area contributed by atoms with Gasteiger partial charge in [0.05, 0.1) is 17.3 Å². The van der Waals surface area contributed by atoms with Crippen LogP contribution in [0.25, 0.3) is 0 Å². The third kappa shape index (κ3) is 2.79. The molecule has 0 fully saturated rings. The average molecular weight is 218 g/mol. The third-order valence-corrected chi connectivity index (χ3v) is 3.09. The molecule has 0 bridgehead atoms. The molecule has 1 aromatic rings. The first-order valence-electron chi connectivity index (χ1n) is 3.96. The summed E-state index contributed by atoms with van der Waals surface area (Å²) in [6.07, 6.45) is 0. The Hall–Kier alpha value is -0.380. The van der Waals surface area contributed by atoms with Crippen LogP contribution in [-0.2, 0) is 0 Å². The van der Waals surface area contributed by atoms with E-state index in [-0.39, 0.29) is 11.9 Å². The van der Waals surface area contributed by atoms with Crippen LogP contribution in [0.3, 0.4) is 0 Å². The molecule has 0 radical (unpaired) electrons. The maximum absolute atomic E-state index is 8.86. The summed E-state index contributed by atoms with van der Waals surface area (Å²) in [6.45, 7) is 2.07. The molecule has 13 heavy (non-hydrogen) atoms. The largest absolute Gasteiger partial charge is 0.397 e. The minimum atomic E-state index is 0.136. The van der Waals surface area contributed by atoms with Gasteiger partial charge in [-0.15, -0.1) is 11.8 Å². The van der Waals surface area contributed by atoms with Crippen LogP contribution in [0.5, 0.6) is 0 Å². The molecule has 0 aliphatic heterocycles. The second-order valence-electron chi connectivity index (χ2n) is 2.76. The third-order valence-electron chi connectivity index (χ3n) is 1.60. The zero-order valence-corrected chi connectivity index (χ0v) is 8.90. The maximum Gasteiger partial charge on any atom is 0.0646 e. The molecule has 0 saturated carbocycles. The number of aliphatic hydroxyl groups is 1. The molecular weight excluding hydrogens is 206 g/mol. The molecule has 0 aromatic heterocycles. The normalized spacial score (nSPS) is 12.8. The second kappa shape index (κ2) is 4.74. The van der Waals surface area contributed by atoms with E-state index in [2.05, 4.69) is 0 Å². The first-order chi connectivity index (χ1) is 6.15. The van der Waals surface area contributed by atoms with Gasteiger partial charge in [0.15, 0.2) is 0 Å². The Labute approximate surface area is 87.1 Å². The summed E-state index contributed by atoms with van der Waals surface area (Å²) in [6, 6.07) is 5.51. The van der Waals surface area contributed by atoms with E-state index in [1.54, 1.807) is 6.07 Å². The van der Waals surface area contributed by atoms with Crippen molar-refractivity contribution in [2.75, 3.05) is 12.3 Å². The van der Waals surface area contributed by atoms with E-state index in [1.165, 1.54) is 11.8 Å². The number of hydrogen-bond acceptors (Lipinski definition) is 3. The topological polar surface area (TPSA) is 46.2 Å². The Morgan fingerprint density at radius 1 is 1.62 bits per heavy atom. The fourth-order valence-corrected chi connectivity index (χ4v) is 2.01. The molecule has 1 aromatic carbocycles. The quantitative estimate of drug-likeness (QED) is 0.604. The number of nitrogen functional groups attached to an aromatic ring is 1. The van der Waals surface area contributed by atoms with Gasteiger partial charge in [-0.25, -0.2) is 0 Å². The van der Waals surface area contributed by atoms with Crippen molar-refractivity contribution < 1.29 is 5.11 Å². The summed E-state index contributed by atoms with van der Waals surface area (Å²) in [5.41, 5.74) is 6.34. The Bertz CT molecular complexity index is 293. The minimum Gasteiger partial charge on any atom is -0.397 e. The highest BCUT2D eigenvalue weighted by molar-refractivity contribution is 8.00. The van der Waals surface area contributed by atoms with E-state index >= 15 is 0 Å². The fourth-order valence-electron chi connectivity index (χ4n) is 0.874. The van der Waals surface area contributed by atoms with Crippen LogP contribution in [-0.4, -0.2) is 17.0 Å². The van der Waals surface area contributed by atoms with Gasteiger partial charge in [0.25, 0.3) is 0 Å². The predicted molar refractivity (Wildman–Crippen MR) is 58.3 cm³/mol. The number of thioether (sulfide) groups is 1. The van der Waals surface area contributed by atoms with Crippen LogP contribution < -0.4 is 5.73 Å². The molecule has 0 heterocycles. The number of aliphatic hydroxyl groups excluding tert-OH is 1. The van der Waals surface area contributed by atoms with Crippen LogP contribution in [0, 0.1) is 0 Å². The summed E-state index contributed by atoms with van der Waals surface area (Å²) >= 11 is 7.36. The van der Waals surface area contributed by atoms with Crippen molar-refractivity contribution in [2.24, 2.45) is 0 Å². The molecule has 4 heteroatoms. The van der Waals surface area contributed by atoms with Gasteiger partial charge < -0.3 is 10.8 Å². The lowest BCUT2D eigenvalue weighted by Gasteiger charge is -2.10. The van der Waals surface area contributed by atoms with E-state index in [0.29, 0.717) is 10.7 Å². The Kier molecular flexibility index (Phi) is 3.90. The summed E-state index contributed by atoms with van der Waals surface area (Å²) in [5, 5.41) is 9.57. The highest BCUT2D eigenvalue weighted by Crippen LogP contribution is 2.32. The predicted octanol–water partition coefficient (Wildman–Crippen LogP) is 2.40. The fraction of sp³-hybridized carbons (Fsp3) is 0.333. The molecule has 3 N–H and O–H groups in total. The molecule has 0 aliphatic rings. The van der Waals surface area contributed by atoms with E-state index < -0.39 is 0 Å². The molecule has 1 unspecified atom stereocenters. The van der Waals surface area contributed by atoms with Gasteiger partial charge in [-0.05, 0) is 12.1 Å². The number of hydrogen-bond donors (Lipinski definition) is 2. The molecule has 1 rings (SSSR count). The number of benzene rings is 1. The van der Waals surface area contributed by atoms with E-state index in [0.717, 1.165) is 4.90 Å². The molecule has 0 saturated heterocycles. The first kappa shape index (κ1) is 10.7. The van der Waals surface area contributed by atoms with E-state index in [1.807, 2.05) is 19.1 Å². The van der Waals surface area contributed by atoms with Gasteiger partial charge in [0.2, 0.25) is 0 Å². The van der Waals surface area contributed by atoms with Crippen LogP contribution >= 0.6 is 23.4 Å². The zero-order valence-electron chi connectivity index (χ0n) is 7.33. The average Bonchev–Trinajstić information content (AvgIpc) is 2.13. The molecule has 2 nitrogen and oxygen atoms in total. The van der Waals surface area contributed by atoms with Gasteiger partial charge in [-0.3, -0.25) is 0 Å². The Morgan fingerprint density at radius 3 is 2.92 bits per heavy atom. The Balaban J connectivity index is 2.83. The number of nitrogens with two attached hydrogens (primary N) is 1. The number of halogens is 1. The van der Waals surface area contributed by atoms with Crippen LogP contribution in [0.2, 0.25) is 5.02 Å². The van der Waals surface area contributed by atoms with Crippen molar-refractivity contribution in [3.05, 3.63) is 23.2 Å². The van der Waals surface area contributed by atoms with Crippen molar-refractivity contribution in [3.8, 4) is 0 Å². The molecular formula is C9H12ClNOS. The lowest BCUT2D eigenvalue weighted by atomic mass is 10.3.